The van der Waals surface area contributed by atoms with E-state index in [0.717, 1.165) is 55.6 Å². The standard InChI is InChI=1S/C18H22N6/c1-3-22-9-11-23(12-10-22)16-13-14(2)19-18-20-17(21-24(16)18)15-7-5-4-6-8-15/h4-8,13H,3,9-12H2,1-2H3. The average Bonchev–Trinajstić information content (AvgIpc) is 3.06. The third kappa shape index (κ3) is 2.73. The first-order valence-corrected chi connectivity index (χ1v) is 8.52. The number of hydrogen-bond donors (Lipinski definition) is 0. The molecule has 0 radical (unpaired) electrons. The Morgan fingerprint density at radius 1 is 1.00 bits per heavy atom. The molecule has 0 atom stereocenters. The van der Waals surface area contributed by atoms with Crippen molar-refractivity contribution in [3.63, 3.8) is 0 Å². The third-order valence-electron chi connectivity index (χ3n) is 4.60. The molecule has 0 unspecified atom stereocenters. The van der Waals surface area contributed by atoms with Gasteiger partial charge in [0, 0.05) is 43.5 Å². The van der Waals surface area contributed by atoms with E-state index in [1.165, 1.54) is 0 Å². The lowest BCUT2D eigenvalue weighted by atomic mass is 10.2. The van der Waals surface area contributed by atoms with E-state index in [4.69, 9.17) is 5.10 Å². The summed E-state index contributed by atoms with van der Waals surface area (Å²) < 4.78 is 1.89. The molecular formula is C18H22N6. The molecule has 1 aromatic carbocycles. The largest absolute Gasteiger partial charge is 0.354 e. The second kappa shape index (κ2) is 6.20. The van der Waals surface area contributed by atoms with E-state index in [1.54, 1.807) is 0 Å². The van der Waals surface area contributed by atoms with E-state index in [1.807, 2.05) is 41.8 Å². The van der Waals surface area contributed by atoms with Crippen molar-refractivity contribution in [2.75, 3.05) is 37.6 Å². The van der Waals surface area contributed by atoms with Crippen LogP contribution < -0.4 is 4.90 Å². The van der Waals surface area contributed by atoms with E-state index >= 15 is 0 Å². The molecule has 0 spiro atoms. The van der Waals surface area contributed by atoms with Crippen LogP contribution in [0.2, 0.25) is 0 Å². The van der Waals surface area contributed by atoms with Gasteiger partial charge in [-0.2, -0.15) is 9.50 Å². The molecule has 0 N–H and O–H groups in total. The Hall–Kier alpha value is -2.47. The van der Waals surface area contributed by atoms with Gasteiger partial charge in [-0.1, -0.05) is 37.3 Å². The molecule has 3 aromatic rings. The van der Waals surface area contributed by atoms with Crippen molar-refractivity contribution in [1.29, 1.82) is 0 Å². The molecule has 24 heavy (non-hydrogen) atoms. The molecule has 6 heteroatoms. The second-order valence-corrected chi connectivity index (χ2v) is 6.19. The molecule has 1 saturated heterocycles. The van der Waals surface area contributed by atoms with Crippen molar-refractivity contribution in [3.05, 3.63) is 42.1 Å². The zero-order valence-electron chi connectivity index (χ0n) is 14.2. The molecule has 6 nitrogen and oxygen atoms in total. The van der Waals surface area contributed by atoms with Crippen molar-refractivity contribution in [2.45, 2.75) is 13.8 Å². The maximum atomic E-state index is 4.73. The minimum absolute atomic E-state index is 0.668. The number of aryl methyl sites for hydroxylation is 1. The van der Waals surface area contributed by atoms with Crippen LogP contribution in [0.5, 0.6) is 0 Å². The summed E-state index contributed by atoms with van der Waals surface area (Å²) in [4.78, 5) is 14.1. The Labute approximate surface area is 141 Å². The highest BCUT2D eigenvalue weighted by molar-refractivity contribution is 5.58. The van der Waals surface area contributed by atoms with Crippen molar-refractivity contribution in [2.24, 2.45) is 0 Å². The smallest absolute Gasteiger partial charge is 0.254 e. The van der Waals surface area contributed by atoms with Crippen molar-refractivity contribution < 1.29 is 0 Å². The van der Waals surface area contributed by atoms with Gasteiger partial charge in [-0.15, -0.1) is 5.10 Å². The van der Waals surface area contributed by atoms with Crippen LogP contribution in [0.3, 0.4) is 0 Å². The van der Waals surface area contributed by atoms with Gasteiger partial charge in [-0.25, -0.2) is 4.98 Å². The first-order chi connectivity index (χ1) is 11.7. The van der Waals surface area contributed by atoms with Gasteiger partial charge >= 0.3 is 0 Å². The van der Waals surface area contributed by atoms with Gasteiger partial charge in [-0.05, 0) is 13.5 Å². The number of nitrogens with zero attached hydrogens (tertiary/aromatic N) is 6. The molecule has 4 rings (SSSR count). The van der Waals surface area contributed by atoms with Gasteiger partial charge in [0.2, 0.25) is 0 Å². The zero-order valence-corrected chi connectivity index (χ0v) is 14.2. The first-order valence-electron chi connectivity index (χ1n) is 8.52. The Morgan fingerprint density at radius 3 is 2.46 bits per heavy atom. The number of hydrogen-bond acceptors (Lipinski definition) is 5. The minimum atomic E-state index is 0.668. The lowest BCUT2D eigenvalue weighted by Crippen LogP contribution is -2.46. The van der Waals surface area contributed by atoms with Gasteiger partial charge in [0.05, 0.1) is 0 Å². The van der Waals surface area contributed by atoms with Crippen LogP contribution in [0.25, 0.3) is 17.2 Å². The van der Waals surface area contributed by atoms with E-state index in [0.29, 0.717) is 5.78 Å². The molecule has 3 heterocycles. The number of fused-ring (bicyclic) bond motifs is 1. The van der Waals surface area contributed by atoms with Crippen LogP contribution in [-0.4, -0.2) is 57.2 Å². The fraction of sp³-hybridized carbons (Fsp3) is 0.389. The molecular weight excluding hydrogens is 300 g/mol. The summed E-state index contributed by atoms with van der Waals surface area (Å²) in [5, 5.41) is 4.73. The normalized spacial score (nSPS) is 16.0. The molecule has 0 amide bonds. The lowest BCUT2D eigenvalue weighted by molar-refractivity contribution is 0.270. The Morgan fingerprint density at radius 2 is 1.75 bits per heavy atom. The molecule has 2 aromatic heterocycles. The third-order valence-corrected chi connectivity index (χ3v) is 4.60. The van der Waals surface area contributed by atoms with Crippen LogP contribution in [0, 0.1) is 6.92 Å². The molecule has 1 aliphatic rings. The molecule has 1 aliphatic heterocycles. The summed E-state index contributed by atoms with van der Waals surface area (Å²) in [5.74, 6) is 2.48. The quantitative estimate of drug-likeness (QED) is 0.740. The summed E-state index contributed by atoms with van der Waals surface area (Å²) in [6, 6.07) is 12.2. The van der Waals surface area contributed by atoms with Crippen LogP contribution in [0.15, 0.2) is 36.4 Å². The van der Waals surface area contributed by atoms with Crippen molar-refractivity contribution in [1.82, 2.24) is 24.5 Å². The molecule has 0 aliphatic carbocycles. The lowest BCUT2D eigenvalue weighted by Gasteiger charge is -2.35. The highest BCUT2D eigenvalue weighted by Gasteiger charge is 2.20. The summed E-state index contributed by atoms with van der Waals surface area (Å²) in [5.41, 5.74) is 1.99. The predicted molar refractivity (Wildman–Crippen MR) is 95.3 cm³/mol. The van der Waals surface area contributed by atoms with E-state index in [9.17, 15) is 0 Å². The van der Waals surface area contributed by atoms with Crippen LogP contribution in [-0.2, 0) is 0 Å². The van der Waals surface area contributed by atoms with Gasteiger partial charge in [-0.3, -0.25) is 0 Å². The predicted octanol–water partition coefficient (Wildman–Crippen LogP) is 2.24. The van der Waals surface area contributed by atoms with E-state index < -0.39 is 0 Å². The summed E-state index contributed by atoms with van der Waals surface area (Å²) >= 11 is 0. The number of likely N-dealkylation sites (N-methyl/N-ethyl adjacent to an activating group) is 1. The minimum Gasteiger partial charge on any atom is -0.354 e. The van der Waals surface area contributed by atoms with Gasteiger partial charge < -0.3 is 9.80 Å². The average molecular weight is 322 g/mol. The molecule has 0 saturated carbocycles. The van der Waals surface area contributed by atoms with Crippen LogP contribution in [0.4, 0.5) is 5.82 Å². The molecule has 1 fully saturated rings. The Bertz CT molecular complexity index is 833. The molecule has 0 bridgehead atoms. The topological polar surface area (TPSA) is 49.6 Å². The monoisotopic (exact) mass is 322 g/mol. The highest BCUT2D eigenvalue weighted by Crippen LogP contribution is 2.21. The number of anilines is 1. The number of piperazine rings is 1. The van der Waals surface area contributed by atoms with Gasteiger partial charge in [0.1, 0.15) is 5.82 Å². The van der Waals surface area contributed by atoms with E-state index in [2.05, 4.69) is 32.8 Å². The maximum absolute atomic E-state index is 4.73. The Kier molecular flexibility index (Phi) is 3.90. The fourth-order valence-electron chi connectivity index (χ4n) is 3.20. The van der Waals surface area contributed by atoms with Crippen molar-refractivity contribution in [3.8, 4) is 11.4 Å². The SMILES string of the molecule is CCN1CCN(c2cc(C)nc3nc(-c4ccccc4)nn23)CC1. The number of benzene rings is 1. The van der Waals surface area contributed by atoms with Crippen LogP contribution >= 0.6 is 0 Å². The maximum Gasteiger partial charge on any atom is 0.254 e. The number of rotatable bonds is 3. The van der Waals surface area contributed by atoms with E-state index in [-0.39, 0.29) is 0 Å². The fourth-order valence-corrected chi connectivity index (χ4v) is 3.20. The molecule has 124 valence electrons. The first kappa shape index (κ1) is 15.1. The zero-order chi connectivity index (χ0) is 16.5. The number of aromatic nitrogens is 4. The highest BCUT2D eigenvalue weighted by atomic mass is 15.4. The summed E-state index contributed by atoms with van der Waals surface area (Å²) in [6.07, 6.45) is 0. The van der Waals surface area contributed by atoms with Gasteiger partial charge in [0.15, 0.2) is 5.82 Å². The van der Waals surface area contributed by atoms with Crippen LogP contribution in [0.1, 0.15) is 12.6 Å². The summed E-state index contributed by atoms with van der Waals surface area (Å²) in [6.45, 7) is 9.52. The Balaban J connectivity index is 1.74. The summed E-state index contributed by atoms with van der Waals surface area (Å²) in [7, 11) is 0. The second-order valence-electron chi connectivity index (χ2n) is 6.19. The van der Waals surface area contributed by atoms with Gasteiger partial charge in [0.25, 0.3) is 5.78 Å². The van der Waals surface area contributed by atoms with Crippen molar-refractivity contribution >= 4 is 11.6 Å².